The topological polar surface area (TPSA) is 65.1 Å². The Morgan fingerprint density at radius 2 is 1.83 bits per heavy atom. The number of aromatic hydroxyl groups is 1. The van der Waals surface area contributed by atoms with Gasteiger partial charge in [-0.15, -0.1) is 0 Å². The third-order valence-electron chi connectivity index (χ3n) is 4.16. The van der Waals surface area contributed by atoms with Crippen molar-refractivity contribution in [2.24, 2.45) is 0 Å². The number of rotatable bonds is 3. The van der Waals surface area contributed by atoms with Crippen LogP contribution in [0.5, 0.6) is 5.75 Å². The Balaban J connectivity index is 1.59. The molecule has 4 nitrogen and oxygen atoms in total. The van der Waals surface area contributed by atoms with Crippen molar-refractivity contribution >= 4 is 33.3 Å². The monoisotopic (exact) mass is 316 g/mol. The van der Waals surface area contributed by atoms with Crippen molar-refractivity contribution in [1.29, 1.82) is 0 Å². The molecule has 0 fully saturated rings. The van der Waals surface area contributed by atoms with E-state index in [2.05, 4.69) is 10.3 Å². The number of nitrogens with one attached hydrogen (secondary N) is 2. The first-order chi connectivity index (χ1) is 11.7. The van der Waals surface area contributed by atoms with E-state index >= 15 is 0 Å². The van der Waals surface area contributed by atoms with Gasteiger partial charge in [-0.05, 0) is 41.3 Å². The summed E-state index contributed by atoms with van der Waals surface area (Å²) in [5.74, 6) is 0.127. The minimum atomic E-state index is -0.0827. The summed E-state index contributed by atoms with van der Waals surface area (Å²) in [5.41, 5.74) is 2.72. The molecule has 1 heterocycles. The van der Waals surface area contributed by atoms with Crippen LogP contribution in [0, 0.1) is 0 Å². The lowest BCUT2D eigenvalue weighted by Crippen LogP contribution is -2.14. The molecule has 0 unspecified atom stereocenters. The number of hydrogen-bond acceptors (Lipinski definition) is 2. The van der Waals surface area contributed by atoms with E-state index in [9.17, 15) is 9.90 Å². The number of aromatic amines is 1. The number of hydrogen-bond donors (Lipinski definition) is 3. The zero-order valence-corrected chi connectivity index (χ0v) is 12.9. The van der Waals surface area contributed by atoms with Crippen LogP contribution in [0.3, 0.4) is 0 Å². The molecule has 0 spiro atoms. The first-order valence-corrected chi connectivity index (χ1v) is 7.77. The SMILES string of the molecule is O=C(Cc1ccc2[nH]ccc2c1)Nc1cccc2c(O)cccc12. The number of H-pyrrole nitrogens is 1. The second-order valence-electron chi connectivity index (χ2n) is 5.80. The van der Waals surface area contributed by atoms with Gasteiger partial charge in [0, 0.05) is 28.2 Å². The Morgan fingerprint density at radius 1 is 1.00 bits per heavy atom. The summed E-state index contributed by atoms with van der Waals surface area (Å²) in [5, 5.41) is 15.5. The fourth-order valence-corrected chi connectivity index (χ4v) is 2.99. The van der Waals surface area contributed by atoms with Gasteiger partial charge in [-0.1, -0.05) is 30.3 Å². The Bertz CT molecular complexity index is 1050. The van der Waals surface area contributed by atoms with Crippen LogP contribution in [0.15, 0.2) is 66.9 Å². The third kappa shape index (κ3) is 2.58. The standard InChI is InChI=1S/C20H16N2O2/c23-19-6-2-3-15-16(19)4-1-5-18(15)22-20(24)12-13-7-8-17-14(11-13)9-10-21-17/h1-11,21,23H,12H2,(H,22,24). The average molecular weight is 316 g/mol. The maximum absolute atomic E-state index is 12.4. The van der Waals surface area contributed by atoms with Crippen LogP contribution in [0.4, 0.5) is 5.69 Å². The van der Waals surface area contributed by atoms with E-state index in [1.807, 2.05) is 54.7 Å². The molecule has 0 aliphatic carbocycles. The van der Waals surface area contributed by atoms with E-state index in [1.54, 1.807) is 12.1 Å². The van der Waals surface area contributed by atoms with Crippen molar-refractivity contribution in [3.05, 3.63) is 72.4 Å². The number of anilines is 1. The summed E-state index contributed by atoms with van der Waals surface area (Å²) in [6.45, 7) is 0. The molecule has 0 atom stereocenters. The predicted octanol–water partition coefficient (Wildman–Crippen LogP) is 4.21. The number of fused-ring (bicyclic) bond motifs is 2. The maximum atomic E-state index is 12.4. The van der Waals surface area contributed by atoms with E-state index in [4.69, 9.17) is 0 Å². The van der Waals surface area contributed by atoms with Gasteiger partial charge in [0.2, 0.25) is 5.91 Å². The second-order valence-corrected chi connectivity index (χ2v) is 5.80. The fraction of sp³-hybridized carbons (Fsp3) is 0.0500. The van der Waals surface area contributed by atoms with Gasteiger partial charge in [0.05, 0.1) is 6.42 Å². The van der Waals surface area contributed by atoms with Gasteiger partial charge in [-0.3, -0.25) is 4.79 Å². The quantitative estimate of drug-likeness (QED) is 0.530. The van der Waals surface area contributed by atoms with Crippen molar-refractivity contribution in [1.82, 2.24) is 4.98 Å². The zero-order valence-electron chi connectivity index (χ0n) is 12.9. The van der Waals surface area contributed by atoms with E-state index in [0.717, 1.165) is 27.2 Å². The number of phenols is 1. The highest BCUT2D eigenvalue weighted by atomic mass is 16.3. The molecule has 0 aliphatic rings. The predicted molar refractivity (Wildman–Crippen MR) is 96.2 cm³/mol. The third-order valence-corrected chi connectivity index (χ3v) is 4.16. The first kappa shape index (κ1) is 14.3. The molecule has 4 aromatic rings. The van der Waals surface area contributed by atoms with Crippen LogP contribution in [-0.2, 0) is 11.2 Å². The lowest BCUT2D eigenvalue weighted by molar-refractivity contribution is -0.115. The van der Waals surface area contributed by atoms with Crippen LogP contribution in [0.25, 0.3) is 21.7 Å². The summed E-state index contributed by atoms with van der Waals surface area (Å²) in [6, 6.07) is 18.7. The highest BCUT2D eigenvalue weighted by Gasteiger charge is 2.09. The Labute approximate surface area is 138 Å². The number of amides is 1. The molecule has 1 amide bonds. The number of benzene rings is 3. The largest absolute Gasteiger partial charge is 0.507 e. The zero-order chi connectivity index (χ0) is 16.5. The van der Waals surface area contributed by atoms with Crippen molar-refractivity contribution in [2.75, 3.05) is 5.32 Å². The van der Waals surface area contributed by atoms with Crippen molar-refractivity contribution in [3.8, 4) is 5.75 Å². The van der Waals surface area contributed by atoms with Gasteiger partial charge < -0.3 is 15.4 Å². The van der Waals surface area contributed by atoms with Gasteiger partial charge in [-0.25, -0.2) is 0 Å². The smallest absolute Gasteiger partial charge is 0.228 e. The van der Waals surface area contributed by atoms with Crippen LogP contribution in [-0.4, -0.2) is 16.0 Å². The van der Waals surface area contributed by atoms with E-state index in [1.165, 1.54) is 0 Å². The van der Waals surface area contributed by atoms with Crippen LogP contribution >= 0.6 is 0 Å². The highest BCUT2D eigenvalue weighted by Crippen LogP contribution is 2.29. The highest BCUT2D eigenvalue weighted by molar-refractivity contribution is 6.04. The molecule has 0 bridgehead atoms. The molecule has 4 heteroatoms. The number of phenolic OH excluding ortho intramolecular Hbond substituents is 1. The van der Waals surface area contributed by atoms with Crippen LogP contribution < -0.4 is 5.32 Å². The van der Waals surface area contributed by atoms with Gasteiger partial charge >= 0.3 is 0 Å². The van der Waals surface area contributed by atoms with Crippen molar-refractivity contribution < 1.29 is 9.90 Å². The van der Waals surface area contributed by atoms with E-state index in [-0.39, 0.29) is 11.7 Å². The summed E-state index contributed by atoms with van der Waals surface area (Å²) in [4.78, 5) is 15.5. The Hall–Kier alpha value is -3.27. The normalized spacial score (nSPS) is 11.0. The lowest BCUT2D eigenvalue weighted by Gasteiger charge is -2.10. The van der Waals surface area contributed by atoms with Crippen molar-refractivity contribution in [2.45, 2.75) is 6.42 Å². The molecular formula is C20H16N2O2. The molecular weight excluding hydrogens is 300 g/mol. The molecule has 3 aromatic carbocycles. The summed E-state index contributed by atoms with van der Waals surface area (Å²) < 4.78 is 0. The maximum Gasteiger partial charge on any atom is 0.228 e. The molecule has 24 heavy (non-hydrogen) atoms. The molecule has 3 N–H and O–H groups in total. The van der Waals surface area contributed by atoms with Gasteiger partial charge in [-0.2, -0.15) is 0 Å². The van der Waals surface area contributed by atoms with E-state index < -0.39 is 0 Å². The lowest BCUT2D eigenvalue weighted by atomic mass is 10.1. The molecule has 0 saturated carbocycles. The van der Waals surface area contributed by atoms with Crippen LogP contribution in [0.1, 0.15) is 5.56 Å². The van der Waals surface area contributed by atoms with Gasteiger partial charge in [0.25, 0.3) is 0 Å². The number of aromatic nitrogens is 1. The molecule has 0 saturated heterocycles. The van der Waals surface area contributed by atoms with Crippen LogP contribution in [0.2, 0.25) is 0 Å². The molecule has 4 rings (SSSR count). The van der Waals surface area contributed by atoms with Gasteiger partial charge in [0.15, 0.2) is 0 Å². The molecule has 0 aliphatic heterocycles. The molecule has 118 valence electrons. The summed E-state index contributed by atoms with van der Waals surface area (Å²) in [6.07, 6.45) is 2.19. The first-order valence-electron chi connectivity index (χ1n) is 7.77. The number of carbonyl (C=O) groups excluding carboxylic acids is 1. The Morgan fingerprint density at radius 3 is 2.75 bits per heavy atom. The average Bonchev–Trinajstić information content (AvgIpc) is 3.03. The minimum absolute atomic E-state index is 0.0827. The summed E-state index contributed by atoms with van der Waals surface area (Å²) in [7, 11) is 0. The minimum Gasteiger partial charge on any atom is -0.507 e. The molecule has 0 radical (unpaired) electrons. The summed E-state index contributed by atoms with van der Waals surface area (Å²) >= 11 is 0. The second kappa shape index (κ2) is 5.74. The van der Waals surface area contributed by atoms with E-state index in [0.29, 0.717) is 12.1 Å². The molecule has 1 aromatic heterocycles. The fourth-order valence-electron chi connectivity index (χ4n) is 2.99. The van der Waals surface area contributed by atoms with Gasteiger partial charge in [0.1, 0.15) is 5.75 Å². The van der Waals surface area contributed by atoms with Crippen molar-refractivity contribution in [3.63, 3.8) is 0 Å². The number of carbonyl (C=O) groups is 1. The Kier molecular flexibility index (Phi) is 3.43.